The maximum atomic E-state index is 12.1. The fourth-order valence-electron chi connectivity index (χ4n) is 2.27. The van der Waals surface area contributed by atoms with Crippen molar-refractivity contribution >= 4 is 16.2 Å². The first-order chi connectivity index (χ1) is 8.88. The van der Waals surface area contributed by atoms with E-state index >= 15 is 0 Å². The molecule has 1 atom stereocenters. The molecule has 0 aliphatic heterocycles. The van der Waals surface area contributed by atoms with Crippen LogP contribution in [-0.2, 0) is 15.0 Å². The number of aliphatic hydroxyl groups is 1. The highest BCUT2D eigenvalue weighted by atomic mass is 32.2. The maximum Gasteiger partial charge on any atom is 0.321 e. The fraction of sp³-hybridized carbons (Fsp3) is 0.909. The number of aliphatic carboxylic acids is 1. The SMILES string of the molecule is CN(C1CCCCC1)S(=O)(=O)NC(CCO)C(=O)O. The number of rotatable bonds is 7. The topological polar surface area (TPSA) is 107 Å². The average molecular weight is 294 g/mol. The highest BCUT2D eigenvalue weighted by Crippen LogP contribution is 2.23. The Morgan fingerprint density at radius 3 is 2.42 bits per heavy atom. The molecule has 19 heavy (non-hydrogen) atoms. The fourth-order valence-corrected chi connectivity index (χ4v) is 3.61. The van der Waals surface area contributed by atoms with Gasteiger partial charge < -0.3 is 10.2 Å². The van der Waals surface area contributed by atoms with Crippen LogP contribution in [0.4, 0.5) is 0 Å². The molecule has 8 heteroatoms. The second-order valence-corrected chi connectivity index (χ2v) is 6.60. The van der Waals surface area contributed by atoms with E-state index in [0.29, 0.717) is 0 Å². The van der Waals surface area contributed by atoms with Crippen molar-refractivity contribution in [1.82, 2.24) is 9.03 Å². The van der Waals surface area contributed by atoms with E-state index in [9.17, 15) is 13.2 Å². The predicted molar refractivity (Wildman–Crippen MR) is 69.8 cm³/mol. The van der Waals surface area contributed by atoms with Gasteiger partial charge in [0.05, 0.1) is 0 Å². The highest BCUT2D eigenvalue weighted by molar-refractivity contribution is 7.87. The van der Waals surface area contributed by atoms with Gasteiger partial charge in [0.25, 0.3) is 10.2 Å². The first kappa shape index (κ1) is 16.4. The summed E-state index contributed by atoms with van der Waals surface area (Å²) in [6.45, 7) is -0.382. The summed E-state index contributed by atoms with van der Waals surface area (Å²) in [5, 5.41) is 17.7. The van der Waals surface area contributed by atoms with E-state index < -0.39 is 22.2 Å². The maximum absolute atomic E-state index is 12.1. The van der Waals surface area contributed by atoms with E-state index in [1.807, 2.05) is 0 Å². The molecule has 0 bridgehead atoms. The Kier molecular flexibility index (Phi) is 6.18. The first-order valence-electron chi connectivity index (χ1n) is 6.47. The summed E-state index contributed by atoms with van der Waals surface area (Å²) < 4.78 is 27.5. The summed E-state index contributed by atoms with van der Waals surface area (Å²) in [5.74, 6) is -1.28. The van der Waals surface area contributed by atoms with E-state index in [2.05, 4.69) is 4.72 Å². The molecule has 0 saturated heterocycles. The summed E-state index contributed by atoms with van der Waals surface area (Å²) in [5.41, 5.74) is 0. The average Bonchev–Trinajstić information content (AvgIpc) is 2.38. The van der Waals surface area contributed by atoms with Crippen LogP contribution in [0, 0.1) is 0 Å². The van der Waals surface area contributed by atoms with E-state index in [1.54, 1.807) is 0 Å². The van der Waals surface area contributed by atoms with Crippen LogP contribution < -0.4 is 4.72 Å². The van der Waals surface area contributed by atoms with Crippen molar-refractivity contribution in [3.63, 3.8) is 0 Å². The minimum absolute atomic E-state index is 0.0742. The van der Waals surface area contributed by atoms with Gasteiger partial charge in [0, 0.05) is 19.7 Å². The van der Waals surface area contributed by atoms with Gasteiger partial charge in [0.1, 0.15) is 6.04 Å². The largest absolute Gasteiger partial charge is 0.480 e. The van der Waals surface area contributed by atoms with Crippen molar-refractivity contribution in [2.75, 3.05) is 13.7 Å². The number of nitrogens with zero attached hydrogens (tertiary/aromatic N) is 1. The molecular weight excluding hydrogens is 272 g/mol. The van der Waals surface area contributed by atoms with E-state index in [4.69, 9.17) is 10.2 Å². The second kappa shape index (κ2) is 7.18. The van der Waals surface area contributed by atoms with Crippen molar-refractivity contribution in [1.29, 1.82) is 0 Å². The number of carboxylic acid groups (broad SMARTS) is 1. The molecule has 1 rings (SSSR count). The van der Waals surface area contributed by atoms with Crippen LogP contribution in [0.5, 0.6) is 0 Å². The Morgan fingerprint density at radius 1 is 1.37 bits per heavy atom. The van der Waals surface area contributed by atoms with Crippen LogP contribution in [0.2, 0.25) is 0 Å². The summed E-state index contributed by atoms with van der Waals surface area (Å²) in [7, 11) is -2.37. The molecule has 7 nitrogen and oxygen atoms in total. The van der Waals surface area contributed by atoms with Crippen LogP contribution in [0.1, 0.15) is 38.5 Å². The van der Waals surface area contributed by atoms with Gasteiger partial charge in [0.2, 0.25) is 0 Å². The van der Waals surface area contributed by atoms with E-state index in [1.165, 1.54) is 11.4 Å². The van der Waals surface area contributed by atoms with Gasteiger partial charge in [-0.05, 0) is 19.3 Å². The Balaban J connectivity index is 2.69. The van der Waals surface area contributed by atoms with Crippen LogP contribution in [0.25, 0.3) is 0 Å². The molecule has 0 aromatic heterocycles. The molecule has 1 aliphatic carbocycles. The van der Waals surface area contributed by atoms with Gasteiger partial charge in [-0.3, -0.25) is 4.79 Å². The number of nitrogens with one attached hydrogen (secondary N) is 1. The van der Waals surface area contributed by atoms with E-state index in [-0.39, 0.29) is 19.1 Å². The second-order valence-electron chi connectivity index (χ2n) is 4.83. The minimum Gasteiger partial charge on any atom is -0.480 e. The highest BCUT2D eigenvalue weighted by Gasteiger charge is 2.31. The zero-order chi connectivity index (χ0) is 14.5. The van der Waals surface area contributed by atoms with Crippen molar-refractivity contribution in [2.45, 2.75) is 50.6 Å². The van der Waals surface area contributed by atoms with Crippen LogP contribution in [0.15, 0.2) is 0 Å². The third-order valence-electron chi connectivity index (χ3n) is 3.48. The molecule has 0 aromatic carbocycles. The van der Waals surface area contributed by atoms with Crippen molar-refractivity contribution in [3.8, 4) is 0 Å². The summed E-state index contributed by atoms with van der Waals surface area (Å²) in [4.78, 5) is 10.9. The monoisotopic (exact) mass is 294 g/mol. The van der Waals surface area contributed by atoms with Gasteiger partial charge in [0.15, 0.2) is 0 Å². The van der Waals surface area contributed by atoms with Gasteiger partial charge in [-0.15, -0.1) is 0 Å². The third-order valence-corrected chi connectivity index (χ3v) is 5.11. The molecule has 3 N–H and O–H groups in total. The third kappa shape index (κ3) is 4.72. The number of carbonyl (C=O) groups is 1. The lowest BCUT2D eigenvalue weighted by molar-refractivity contribution is -0.139. The molecule has 1 aliphatic rings. The number of carboxylic acids is 1. The molecule has 1 unspecified atom stereocenters. The van der Waals surface area contributed by atoms with Crippen LogP contribution >= 0.6 is 0 Å². The lowest BCUT2D eigenvalue weighted by Gasteiger charge is -2.31. The van der Waals surface area contributed by atoms with Crippen molar-refractivity contribution in [2.24, 2.45) is 0 Å². The zero-order valence-electron chi connectivity index (χ0n) is 11.1. The summed E-state index contributed by atoms with van der Waals surface area (Å²) >= 11 is 0. The predicted octanol–water partition coefficient (Wildman–Crippen LogP) is -0.0791. The van der Waals surface area contributed by atoms with Gasteiger partial charge in [-0.1, -0.05) is 19.3 Å². The molecule has 0 heterocycles. The molecule has 0 amide bonds. The van der Waals surface area contributed by atoms with Crippen LogP contribution in [-0.4, -0.2) is 54.6 Å². The molecule has 0 radical (unpaired) electrons. The lowest BCUT2D eigenvalue weighted by atomic mass is 9.96. The molecule has 112 valence electrons. The van der Waals surface area contributed by atoms with Crippen molar-refractivity contribution < 1.29 is 23.4 Å². The van der Waals surface area contributed by atoms with Gasteiger partial charge in [-0.25, -0.2) is 0 Å². The van der Waals surface area contributed by atoms with Crippen LogP contribution in [0.3, 0.4) is 0 Å². The Labute approximate surface area is 113 Å². The van der Waals surface area contributed by atoms with Crippen molar-refractivity contribution in [3.05, 3.63) is 0 Å². The quantitative estimate of drug-likeness (QED) is 0.609. The first-order valence-corrected chi connectivity index (χ1v) is 7.91. The smallest absolute Gasteiger partial charge is 0.321 e. The molecule has 0 spiro atoms. The lowest BCUT2D eigenvalue weighted by Crippen LogP contribution is -2.50. The molecular formula is C11H22N2O5S. The van der Waals surface area contributed by atoms with Gasteiger partial charge in [-0.2, -0.15) is 17.4 Å². The Morgan fingerprint density at radius 2 is 1.95 bits per heavy atom. The number of hydrogen-bond acceptors (Lipinski definition) is 4. The molecule has 1 fully saturated rings. The standard InChI is InChI=1S/C11H22N2O5S/c1-13(9-5-3-2-4-6-9)19(17,18)12-10(7-8-14)11(15)16/h9-10,12,14H,2-8H2,1H3,(H,15,16). The summed E-state index contributed by atoms with van der Waals surface area (Å²) in [6, 6.07) is -1.36. The molecule has 0 aromatic rings. The molecule has 1 saturated carbocycles. The number of hydrogen-bond donors (Lipinski definition) is 3. The zero-order valence-corrected chi connectivity index (χ0v) is 11.9. The normalized spacial score (nSPS) is 19.5. The van der Waals surface area contributed by atoms with Gasteiger partial charge >= 0.3 is 5.97 Å². The Hall–Kier alpha value is -0.700. The minimum atomic E-state index is -3.83. The van der Waals surface area contributed by atoms with E-state index in [0.717, 1.165) is 32.1 Å². The number of aliphatic hydroxyl groups excluding tert-OH is 1. The Bertz CT molecular complexity index is 392. The summed E-state index contributed by atoms with van der Waals surface area (Å²) in [6.07, 6.45) is 4.55.